The lowest BCUT2D eigenvalue weighted by Crippen LogP contribution is -2.40. The molecule has 1 aliphatic heterocycles. The highest BCUT2D eigenvalue weighted by Gasteiger charge is 2.50. The van der Waals surface area contributed by atoms with E-state index in [1.165, 1.54) is 0 Å². The van der Waals surface area contributed by atoms with Crippen molar-refractivity contribution >= 4 is 23.2 Å². The predicted molar refractivity (Wildman–Crippen MR) is 69.9 cm³/mol. The van der Waals surface area contributed by atoms with Crippen LogP contribution in [0.15, 0.2) is 11.6 Å². The van der Waals surface area contributed by atoms with Crippen molar-refractivity contribution in [2.75, 3.05) is 13.1 Å². The van der Waals surface area contributed by atoms with E-state index < -0.39 is 11.9 Å². The van der Waals surface area contributed by atoms with E-state index in [0.717, 1.165) is 24.4 Å². The summed E-state index contributed by atoms with van der Waals surface area (Å²) >= 11 is 1.63. The number of likely N-dealkylation sites (tertiary alicyclic amines) is 1. The molecule has 0 spiro atoms. The highest BCUT2D eigenvalue weighted by atomic mass is 32.1. The molecule has 6 heteroatoms. The van der Waals surface area contributed by atoms with E-state index in [4.69, 9.17) is 5.11 Å². The number of aliphatic carboxylic acids is 1. The maximum absolute atomic E-state index is 12.2. The van der Waals surface area contributed by atoms with E-state index in [-0.39, 0.29) is 11.8 Å². The van der Waals surface area contributed by atoms with Crippen molar-refractivity contribution in [1.82, 2.24) is 9.88 Å². The number of rotatable bonds is 3. The van der Waals surface area contributed by atoms with E-state index >= 15 is 0 Å². The molecule has 1 aliphatic carbocycles. The molecule has 1 N–H and O–H groups in total. The SMILES string of the molecule is O=C(O)[C@@H]1C[C@@H]1C(=O)N1CCC[C@H](c2nccs2)C1. The summed E-state index contributed by atoms with van der Waals surface area (Å²) in [6, 6.07) is 0. The highest BCUT2D eigenvalue weighted by Crippen LogP contribution is 2.41. The van der Waals surface area contributed by atoms with Crippen LogP contribution in [0.5, 0.6) is 0 Å². The average molecular weight is 280 g/mol. The van der Waals surface area contributed by atoms with Gasteiger partial charge in [0.05, 0.1) is 16.8 Å². The quantitative estimate of drug-likeness (QED) is 0.912. The van der Waals surface area contributed by atoms with Crippen molar-refractivity contribution in [1.29, 1.82) is 0 Å². The standard InChI is InChI=1S/C13H16N2O3S/c16-12(9-6-10(9)13(17)18)15-4-1-2-8(7-15)11-14-3-5-19-11/h3,5,8-10H,1-2,4,6-7H2,(H,17,18)/t8-,9-,10+/m0/s1. The number of hydrogen-bond acceptors (Lipinski definition) is 4. The minimum Gasteiger partial charge on any atom is -0.481 e. The van der Waals surface area contributed by atoms with Gasteiger partial charge in [0.15, 0.2) is 0 Å². The summed E-state index contributed by atoms with van der Waals surface area (Å²) in [5, 5.41) is 11.9. The van der Waals surface area contributed by atoms with Crippen LogP contribution in [0.1, 0.15) is 30.2 Å². The first-order valence-corrected chi connectivity index (χ1v) is 7.45. The second kappa shape index (κ2) is 4.92. The Hall–Kier alpha value is -1.43. The largest absolute Gasteiger partial charge is 0.481 e. The number of piperidine rings is 1. The van der Waals surface area contributed by atoms with Crippen LogP contribution in [-0.4, -0.2) is 40.0 Å². The zero-order valence-corrected chi connectivity index (χ0v) is 11.3. The van der Waals surface area contributed by atoms with Gasteiger partial charge in [0.2, 0.25) is 5.91 Å². The van der Waals surface area contributed by atoms with Crippen LogP contribution in [0.3, 0.4) is 0 Å². The van der Waals surface area contributed by atoms with Gasteiger partial charge in [0.1, 0.15) is 0 Å². The molecule has 1 aromatic heterocycles. The smallest absolute Gasteiger partial charge is 0.307 e. The van der Waals surface area contributed by atoms with Crippen LogP contribution < -0.4 is 0 Å². The summed E-state index contributed by atoms with van der Waals surface area (Å²) in [5.41, 5.74) is 0. The van der Waals surface area contributed by atoms with Gasteiger partial charge in [-0.15, -0.1) is 11.3 Å². The number of carbonyl (C=O) groups excluding carboxylic acids is 1. The molecule has 3 rings (SSSR count). The molecule has 0 radical (unpaired) electrons. The van der Waals surface area contributed by atoms with Crippen molar-refractivity contribution < 1.29 is 14.7 Å². The normalized spacial score (nSPS) is 30.1. The summed E-state index contributed by atoms with van der Waals surface area (Å²) in [6.07, 6.45) is 4.33. The summed E-state index contributed by atoms with van der Waals surface area (Å²) in [4.78, 5) is 29.2. The van der Waals surface area contributed by atoms with Gasteiger partial charge >= 0.3 is 5.97 Å². The maximum Gasteiger partial charge on any atom is 0.307 e. The number of aromatic nitrogens is 1. The number of carboxylic acids is 1. The minimum atomic E-state index is -0.841. The maximum atomic E-state index is 12.2. The molecule has 3 atom stereocenters. The first kappa shape index (κ1) is 12.6. The fourth-order valence-corrected chi connectivity index (χ4v) is 3.56. The van der Waals surface area contributed by atoms with E-state index in [9.17, 15) is 9.59 Å². The second-order valence-corrected chi connectivity index (χ2v) is 6.21. The lowest BCUT2D eigenvalue weighted by Gasteiger charge is -2.32. The number of thiazole rings is 1. The second-order valence-electron chi connectivity index (χ2n) is 5.28. The molecule has 2 aliphatic rings. The molecule has 0 aromatic carbocycles. The van der Waals surface area contributed by atoms with Crippen LogP contribution >= 0.6 is 11.3 Å². The van der Waals surface area contributed by atoms with Gasteiger partial charge in [-0.2, -0.15) is 0 Å². The molecule has 1 saturated carbocycles. The third-order valence-electron chi connectivity index (χ3n) is 3.96. The zero-order valence-electron chi connectivity index (χ0n) is 10.5. The summed E-state index contributed by atoms with van der Waals surface area (Å²) < 4.78 is 0. The Labute approximate surface area is 115 Å². The molecule has 5 nitrogen and oxygen atoms in total. The Morgan fingerprint density at radius 1 is 1.42 bits per heavy atom. The number of carboxylic acid groups (broad SMARTS) is 1. The lowest BCUT2D eigenvalue weighted by molar-refractivity contribution is -0.142. The number of carbonyl (C=O) groups is 2. The molecule has 1 aromatic rings. The van der Waals surface area contributed by atoms with Crippen LogP contribution in [0.2, 0.25) is 0 Å². The van der Waals surface area contributed by atoms with Crippen LogP contribution in [0.25, 0.3) is 0 Å². The van der Waals surface area contributed by atoms with E-state index in [1.807, 2.05) is 10.3 Å². The van der Waals surface area contributed by atoms with E-state index in [0.29, 0.717) is 18.9 Å². The first-order valence-electron chi connectivity index (χ1n) is 6.58. The molecule has 0 unspecified atom stereocenters. The van der Waals surface area contributed by atoms with Crippen LogP contribution in [0, 0.1) is 11.8 Å². The van der Waals surface area contributed by atoms with E-state index in [2.05, 4.69) is 4.98 Å². The highest BCUT2D eigenvalue weighted by molar-refractivity contribution is 7.09. The van der Waals surface area contributed by atoms with Crippen molar-refractivity contribution in [3.63, 3.8) is 0 Å². The Bertz CT molecular complexity index is 488. The van der Waals surface area contributed by atoms with Gasteiger partial charge in [-0.25, -0.2) is 4.98 Å². The molecule has 2 heterocycles. The van der Waals surface area contributed by atoms with Crippen molar-refractivity contribution in [2.24, 2.45) is 11.8 Å². The Morgan fingerprint density at radius 3 is 2.89 bits per heavy atom. The fraction of sp³-hybridized carbons (Fsp3) is 0.615. The van der Waals surface area contributed by atoms with Gasteiger partial charge in [0.25, 0.3) is 0 Å². The van der Waals surface area contributed by atoms with Crippen LogP contribution in [-0.2, 0) is 9.59 Å². The van der Waals surface area contributed by atoms with Gasteiger partial charge in [-0.05, 0) is 19.3 Å². The molecular formula is C13H16N2O3S. The Morgan fingerprint density at radius 2 is 2.26 bits per heavy atom. The third-order valence-corrected chi connectivity index (χ3v) is 4.90. The molecule has 102 valence electrons. The number of nitrogens with zero attached hydrogens (tertiary/aromatic N) is 2. The Balaban J connectivity index is 1.63. The van der Waals surface area contributed by atoms with E-state index in [1.54, 1.807) is 17.5 Å². The monoisotopic (exact) mass is 280 g/mol. The summed E-state index contributed by atoms with van der Waals surface area (Å²) in [5.74, 6) is -1.24. The van der Waals surface area contributed by atoms with Gasteiger partial charge in [-0.3, -0.25) is 9.59 Å². The summed E-state index contributed by atoms with van der Waals surface area (Å²) in [7, 11) is 0. The topological polar surface area (TPSA) is 70.5 Å². The zero-order chi connectivity index (χ0) is 13.4. The predicted octanol–water partition coefficient (Wildman–Crippen LogP) is 1.57. The lowest BCUT2D eigenvalue weighted by atomic mass is 9.98. The van der Waals surface area contributed by atoms with Crippen molar-refractivity contribution in [3.8, 4) is 0 Å². The molecule has 0 bridgehead atoms. The molecular weight excluding hydrogens is 264 g/mol. The average Bonchev–Trinajstić information content (AvgIpc) is 3.04. The first-order chi connectivity index (χ1) is 9.16. The fourth-order valence-electron chi connectivity index (χ4n) is 2.79. The molecule has 1 saturated heterocycles. The van der Waals surface area contributed by atoms with Crippen LogP contribution in [0.4, 0.5) is 0 Å². The van der Waals surface area contributed by atoms with Gasteiger partial charge in [0, 0.05) is 30.6 Å². The van der Waals surface area contributed by atoms with Crippen molar-refractivity contribution in [2.45, 2.75) is 25.2 Å². The number of amides is 1. The van der Waals surface area contributed by atoms with Crippen molar-refractivity contribution in [3.05, 3.63) is 16.6 Å². The van der Waals surface area contributed by atoms with Gasteiger partial charge < -0.3 is 10.0 Å². The van der Waals surface area contributed by atoms with Gasteiger partial charge in [-0.1, -0.05) is 0 Å². The molecule has 1 amide bonds. The Kier molecular flexibility index (Phi) is 3.26. The summed E-state index contributed by atoms with van der Waals surface area (Å²) in [6.45, 7) is 1.44. The molecule has 19 heavy (non-hydrogen) atoms. The number of hydrogen-bond donors (Lipinski definition) is 1. The minimum absolute atomic E-state index is 0.0219. The molecule has 2 fully saturated rings. The third kappa shape index (κ3) is 2.49.